The molecule has 0 radical (unpaired) electrons. The Labute approximate surface area is 107 Å². The second-order valence-corrected chi connectivity index (χ2v) is 3.67. The van der Waals surface area contributed by atoms with Crippen molar-refractivity contribution in [1.29, 1.82) is 0 Å². The summed E-state index contributed by atoms with van der Waals surface area (Å²) in [6.07, 6.45) is 1.20. The van der Waals surface area contributed by atoms with Crippen molar-refractivity contribution in [3.63, 3.8) is 0 Å². The molecule has 18 heavy (non-hydrogen) atoms. The molecule has 0 unspecified atom stereocenters. The standard InChI is InChI=1S/C12H21FN4O/c1-4-14-12-15-9-10(13)11(16-12)17(5-2)7-8-18-6-3/h9H,4-8H2,1-3H3,(H,14,15,16). The van der Waals surface area contributed by atoms with Gasteiger partial charge in [0, 0.05) is 26.2 Å². The Morgan fingerprint density at radius 1 is 1.39 bits per heavy atom. The fraction of sp³-hybridized carbons (Fsp3) is 0.667. The van der Waals surface area contributed by atoms with Crippen molar-refractivity contribution >= 4 is 11.8 Å². The highest BCUT2D eigenvalue weighted by molar-refractivity contribution is 5.43. The average molecular weight is 256 g/mol. The van der Waals surface area contributed by atoms with Crippen molar-refractivity contribution in [2.24, 2.45) is 0 Å². The number of likely N-dealkylation sites (N-methyl/N-ethyl adjacent to an activating group) is 1. The number of rotatable bonds is 8. The Bertz CT molecular complexity index is 362. The molecule has 0 bridgehead atoms. The maximum Gasteiger partial charge on any atom is 0.224 e. The maximum absolute atomic E-state index is 13.7. The van der Waals surface area contributed by atoms with Gasteiger partial charge in [-0.15, -0.1) is 0 Å². The van der Waals surface area contributed by atoms with Gasteiger partial charge in [0.05, 0.1) is 12.8 Å². The Morgan fingerprint density at radius 2 is 2.17 bits per heavy atom. The molecule has 0 aromatic carbocycles. The summed E-state index contributed by atoms with van der Waals surface area (Å²) in [4.78, 5) is 9.91. The average Bonchev–Trinajstić information content (AvgIpc) is 2.38. The van der Waals surface area contributed by atoms with Crippen LogP contribution in [0.2, 0.25) is 0 Å². The SMILES string of the molecule is CCNc1ncc(F)c(N(CC)CCOCC)n1. The lowest BCUT2D eigenvalue weighted by atomic mass is 10.4. The molecule has 0 saturated carbocycles. The van der Waals surface area contributed by atoms with Crippen LogP contribution in [0.15, 0.2) is 6.20 Å². The van der Waals surface area contributed by atoms with E-state index in [9.17, 15) is 4.39 Å². The molecule has 5 nitrogen and oxygen atoms in total. The molecule has 1 aromatic heterocycles. The van der Waals surface area contributed by atoms with E-state index < -0.39 is 5.82 Å². The highest BCUT2D eigenvalue weighted by Crippen LogP contribution is 2.16. The monoisotopic (exact) mass is 256 g/mol. The van der Waals surface area contributed by atoms with Gasteiger partial charge in [0.2, 0.25) is 5.95 Å². The minimum atomic E-state index is -0.407. The van der Waals surface area contributed by atoms with Gasteiger partial charge in [0.1, 0.15) is 0 Å². The first-order valence-corrected chi connectivity index (χ1v) is 6.31. The number of nitrogens with one attached hydrogen (secondary N) is 1. The first kappa shape index (κ1) is 14.6. The van der Waals surface area contributed by atoms with E-state index in [1.165, 1.54) is 6.20 Å². The third-order valence-electron chi connectivity index (χ3n) is 2.45. The highest BCUT2D eigenvalue weighted by Gasteiger charge is 2.13. The van der Waals surface area contributed by atoms with E-state index in [0.717, 1.165) is 0 Å². The van der Waals surface area contributed by atoms with E-state index >= 15 is 0 Å². The van der Waals surface area contributed by atoms with E-state index in [0.29, 0.717) is 44.6 Å². The van der Waals surface area contributed by atoms with Gasteiger partial charge in [-0.05, 0) is 20.8 Å². The topological polar surface area (TPSA) is 50.3 Å². The molecule has 0 saturated heterocycles. The third kappa shape index (κ3) is 4.10. The van der Waals surface area contributed by atoms with E-state index in [1.807, 2.05) is 25.7 Å². The quantitative estimate of drug-likeness (QED) is 0.720. The van der Waals surface area contributed by atoms with E-state index in [4.69, 9.17) is 4.74 Å². The summed E-state index contributed by atoms with van der Waals surface area (Å²) < 4.78 is 19.0. The van der Waals surface area contributed by atoms with E-state index in [-0.39, 0.29) is 0 Å². The zero-order chi connectivity index (χ0) is 13.4. The van der Waals surface area contributed by atoms with Crippen molar-refractivity contribution in [2.75, 3.05) is 43.1 Å². The van der Waals surface area contributed by atoms with Crippen LogP contribution in [0.25, 0.3) is 0 Å². The highest BCUT2D eigenvalue weighted by atomic mass is 19.1. The van der Waals surface area contributed by atoms with Crippen LogP contribution in [0.4, 0.5) is 16.2 Å². The molecule has 0 spiro atoms. The van der Waals surface area contributed by atoms with E-state index in [2.05, 4.69) is 15.3 Å². The molecule has 1 N–H and O–H groups in total. The molecule has 1 heterocycles. The molecule has 0 fully saturated rings. The van der Waals surface area contributed by atoms with Gasteiger partial charge < -0.3 is 15.0 Å². The predicted molar refractivity (Wildman–Crippen MR) is 70.5 cm³/mol. The summed E-state index contributed by atoms with van der Waals surface area (Å²) in [6.45, 7) is 9.05. The predicted octanol–water partition coefficient (Wildman–Crippen LogP) is 1.91. The summed E-state index contributed by atoms with van der Waals surface area (Å²) in [7, 11) is 0. The Kier molecular flexibility index (Phi) is 6.35. The van der Waals surface area contributed by atoms with Crippen molar-refractivity contribution in [2.45, 2.75) is 20.8 Å². The Morgan fingerprint density at radius 3 is 2.78 bits per heavy atom. The Hall–Kier alpha value is -1.43. The zero-order valence-corrected chi connectivity index (χ0v) is 11.2. The fourth-order valence-corrected chi connectivity index (χ4v) is 1.56. The molecular weight excluding hydrogens is 235 g/mol. The number of ether oxygens (including phenoxy) is 1. The van der Waals surface area contributed by atoms with Gasteiger partial charge in [0.15, 0.2) is 11.6 Å². The van der Waals surface area contributed by atoms with Crippen LogP contribution in [0, 0.1) is 5.82 Å². The second kappa shape index (κ2) is 7.81. The number of nitrogens with zero attached hydrogens (tertiary/aromatic N) is 3. The first-order valence-electron chi connectivity index (χ1n) is 6.31. The van der Waals surface area contributed by atoms with Gasteiger partial charge in [-0.2, -0.15) is 4.98 Å². The summed E-state index contributed by atoms with van der Waals surface area (Å²) in [5, 5.41) is 2.97. The number of aromatic nitrogens is 2. The smallest absolute Gasteiger partial charge is 0.224 e. The molecule has 1 rings (SSSR count). The van der Waals surface area contributed by atoms with Gasteiger partial charge in [-0.3, -0.25) is 0 Å². The van der Waals surface area contributed by atoms with Gasteiger partial charge >= 0.3 is 0 Å². The van der Waals surface area contributed by atoms with Crippen molar-refractivity contribution in [3.05, 3.63) is 12.0 Å². The minimum Gasteiger partial charge on any atom is -0.380 e. The number of halogens is 1. The van der Waals surface area contributed by atoms with Crippen LogP contribution in [0.1, 0.15) is 20.8 Å². The van der Waals surface area contributed by atoms with Crippen LogP contribution in [-0.4, -0.2) is 42.8 Å². The lowest BCUT2D eigenvalue weighted by Gasteiger charge is -2.22. The molecule has 0 aliphatic rings. The lowest BCUT2D eigenvalue weighted by molar-refractivity contribution is 0.154. The molecule has 1 aromatic rings. The van der Waals surface area contributed by atoms with Crippen LogP contribution in [0.3, 0.4) is 0 Å². The fourth-order valence-electron chi connectivity index (χ4n) is 1.56. The van der Waals surface area contributed by atoms with Crippen LogP contribution < -0.4 is 10.2 Å². The second-order valence-electron chi connectivity index (χ2n) is 3.67. The Balaban J connectivity index is 2.79. The van der Waals surface area contributed by atoms with Gasteiger partial charge in [-0.25, -0.2) is 9.37 Å². The van der Waals surface area contributed by atoms with E-state index in [1.54, 1.807) is 0 Å². The molecule has 6 heteroatoms. The van der Waals surface area contributed by atoms with Crippen molar-refractivity contribution in [1.82, 2.24) is 9.97 Å². The van der Waals surface area contributed by atoms with Crippen LogP contribution in [0.5, 0.6) is 0 Å². The first-order chi connectivity index (χ1) is 8.72. The molecule has 0 atom stereocenters. The minimum absolute atomic E-state index is 0.322. The molecule has 102 valence electrons. The number of hydrogen-bond donors (Lipinski definition) is 1. The van der Waals surface area contributed by atoms with Gasteiger partial charge in [-0.1, -0.05) is 0 Å². The molecule has 0 amide bonds. The summed E-state index contributed by atoms with van der Waals surface area (Å²) in [5.41, 5.74) is 0. The van der Waals surface area contributed by atoms with Gasteiger partial charge in [0.25, 0.3) is 0 Å². The summed E-state index contributed by atoms with van der Waals surface area (Å²) >= 11 is 0. The number of hydrogen-bond acceptors (Lipinski definition) is 5. The maximum atomic E-state index is 13.7. The van der Waals surface area contributed by atoms with Crippen molar-refractivity contribution in [3.8, 4) is 0 Å². The third-order valence-corrected chi connectivity index (χ3v) is 2.45. The van der Waals surface area contributed by atoms with Crippen molar-refractivity contribution < 1.29 is 9.13 Å². The summed E-state index contributed by atoms with van der Waals surface area (Å²) in [6, 6.07) is 0. The van der Waals surface area contributed by atoms with Crippen LogP contribution >= 0.6 is 0 Å². The lowest BCUT2D eigenvalue weighted by Crippen LogP contribution is -2.29. The summed E-state index contributed by atoms with van der Waals surface area (Å²) in [5.74, 6) is 0.363. The normalized spacial score (nSPS) is 10.4. The molecular formula is C12H21FN4O. The number of anilines is 2. The molecule has 0 aliphatic carbocycles. The van der Waals surface area contributed by atoms with Crippen LogP contribution in [-0.2, 0) is 4.74 Å². The largest absolute Gasteiger partial charge is 0.380 e. The molecule has 0 aliphatic heterocycles. The zero-order valence-electron chi connectivity index (χ0n) is 11.2.